The van der Waals surface area contributed by atoms with Gasteiger partial charge in [0.05, 0.1) is 12.5 Å². The monoisotopic (exact) mass is 248 g/mol. The molecule has 7 heteroatoms. The first-order valence-corrected chi connectivity index (χ1v) is 4.51. The van der Waals surface area contributed by atoms with Crippen molar-refractivity contribution in [3.63, 3.8) is 0 Å². The molecule has 0 aliphatic heterocycles. The second kappa shape index (κ2) is 5.01. The van der Waals surface area contributed by atoms with Crippen molar-refractivity contribution in [2.45, 2.75) is 18.8 Å². The van der Waals surface area contributed by atoms with E-state index in [1.54, 1.807) is 6.07 Å². The van der Waals surface area contributed by atoms with Gasteiger partial charge in [0, 0.05) is 11.6 Å². The molecule has 0 fully saturated rings. The number of hydrogen-bond acceptors (Lipinski definition) is 3. The molecular weight excluding hydrogens is 240 g/mol. The predicted octanol–water partition coefficient (Wildman–Crippen LogP) is 2.64. The van der Waals surface area contributed by atoms with E-state index in [2.05, 4.69) is 4.74 Å². The van der Waals surface area contributed by atoms with Gasteiger partial charge in [-0.2, -0.15) is 5.26 Å². The van der Waals surface area contributed by atoms with Crippen LogP contribution in [0.3, 0.4) is 0 Å². The normalized spacial score (nSPS) is 12.9. The molecule has 92 valence electrons. The van der Waals surface area contributed by atoms with Gasteiger partial charge in [-0.3, -0.25) is 0 Å². The van der Waals surface area contributed by atoms with Crippen LogP contribution in [0.2, 0.25) is 0 Å². The van der Waals surface area contributed by atoms with Crippen LogP contribution >= 0.6 is 0 Å². The predicted molar refractivity (Wildman–Crippen MR) is 50.2 cm³/mol. The number of alkyl halides is 3. The van der Waals surface area contributed by atoms with Crippen LogP contribution in [0, 0.1) is 17.1 Å². The molecule has 2 N–H and O–H groups in total. The van der Waals surface area contributed by atoms with Crippen LogP contribution < -0.4 is 10.5 Å². The molecule has 1 aromatic rings. The highest BCUT2D eigenvalue weighted by Gasteiger charge is 2.31. The highest BCUT2D eigenvalue weighted by atomic mass is 19.4. The maximum atomic E-state index is 13.3. The van der Waals surface area contributed by atoms with Crippen molar-refractivity contribution >= 4 is 0 Å². The topological polar surface area (TPSA) is 59.0 Å². The second-order valence-electron chi connectivity index (χ2n) is 3.20. The number of halogens is 4. The maximum Gasteiger partial charge on any atom is 0.573 e. The molecule has 0 saturated heterocycles. The Balaban J connectivity index is 2.99. The van der Waals surface area contributed by atoms with Crippen LogP contribution in [-0.2, 0) is 0 Å². The second-order valence-corrected chi connectivity index (χ2v) is 3.20. The van der Waals surface area contributed by atoms with E-state index in [1.165, 1.54) is 0 Å². The molecule has 1 aromatic carbocycles. The smallest absolute Gasteiger partial charge is 0.406 e. The lowest BCUT2D eigenvalue weighted by Gasteiger charge is -2.13. The molecule has 0 bridgehead atoms. The number of ether oxygens (including phenoxy) is 1. The van der Waals surface area contributed by atoms with Crippen LogP contribution in [0.1, 0.15) is 18.0 Å². The van der Waals surface area contributed by atoms with Gasteiger partial charge in [-0.05, 0) is 18.2 Å². The number of rotatable bonds is 3. The molecule has 3 nitrogen and oxygen atoms in total. The summed E-state index contributed by atoms with van der Waals surface area (Å²) in [6, 6.07) is 3.21. The number of hydrogen-bond donors (Lipinski definition) is 1. The van der Waals surface area contributed by atoms with Crippen LogP contribution in [-0.4, -0.2) is 6.36 Å². The number of nitrogens with two attached hydrogens (primary N) is 1. The Morgan fingerprint density at radius 3 is 2.59 bits per heavy atom. The zero-order valence-corrected chi connectivity index (χ0v) is 8.46. The van der Waals surface area contributed by atoms with Crippen LogP contribution in [0.25, 0.3) is 0 Å². The fraction of sp³-hybridized carbons (Fsp3) is 0.300. The quantitative estimate of drug-likeness (QED) is 0.836. The Labute approximate surface area is 94.4 Å². The van der Waals surface area contributed by atoms with Crippen molar-refractivity contribution in [3.05, 3.63) is 29.6 Å². The number of benzene rings is 1. The van der Waals surface area contributed by atoms with E-state index < -0.39 is 24.0 Å². The summed E-state index contributed by atoms with van der Waals surface area (Å²) in [5.41, 5.74) is 5.25. The highest BCUT2D eigenvalue weighted by Crippen LogP contribution is 2.27. The summed E-state index contributed by atoms with van der Waals surface area (Å²) in [5.74, 6) is -1.34. The van der Waals surface area contributed by atoms with Gasteiger partial charge >= 0.3 is 6.36 Å². The summed E-state index contributed by atoms with van der Waals surface area (Å²) in [6.45, 7) is 0. The maximum absolute atomic E-state index is 13.3. The average Bonchev–Trinajstić information content (AvgIpc) is 2.19. The molecule has 0 heterocycles. The van der Waals surface area contributed by atoms with Crippen molar-refractivity contribution in [1.82, 2.24) is 0 Å². The largest absolute Gasteiger partial charge is 0.573 e. The van der Waals surface area contributed by atoms with Gasteiger partial charge in [0.15, 0.2) is 0 Å². The summed E-state index contributed by atoms with van der Waals surface area (Å²) in [7, 11) is 0. The third-order valence-electron chi connectivity index (χ3n) is 1.91. The Morgan fingerprint density at radius 1 is 1.41 bits per heavy atom. The summed E-state index contributed by atoms with van der Waals surface area (Å²) in [6.07, 6.45) is -5.05. The Kier molecular flexibility index (Phi) is 3.91. The zero-order valence-electron chi connectivity index (χ0n) is 8.46. The first-order chi connectivity index (χ1) is 7.83. The summed E-state index contributed by atoms with van der Waals surface area (Å²) in [4.78, 5) is 0. The first kappa shape index (κ1) is 13.3. The van der Waals surface area contributed by atoms with Crippen molar-refractivity contribution in [2.75, 3.05) is 0 Å². The molecule has 1 rings (SSSR count). The van der Waals surface area contributed by atoms with Crippen LogP contribution in [0.5, 0.6) is 5.75 Å². The van der Waals surface area contributed by atoms with E-state index in [-0.39, 0.29) is 12.0 Å². The lowest BCUT2D eigenvalue weighted by Crippen LogP contribution is -2.18. The average molecular weight is 248 g/mol. The standard InChI is InChI=1S/C10H8F4N2O/c11-8-2-1-6(17-10(12,13)14)5-7(8)9(16)3-4-15/h1-2,5,9H,3,16H2/t9-/m1/s1. The van der Waals surface area contributed by atoms with Crippen molar-refractivity contribution < 1.29 is 22.3 Å². The summed E-state index contributed by atoms with van der Waals surface area (Å²) < 4.78 is 52.6. The van der Waals surface area contributed by atoms with E-state index in [1.807, 2.05) is 0 Å². The molecule has 0 saturated carbocycles. The van der Waals surface area contributed by atoms with Crippen molar-refractivity contribution in [2.24, 2.45) is 5.73 Å². The minimum Gasteiger partial charge on any atom is -0.406 e. The van der Waals surface area contributed by atoms with Crippen molar-refractivity contribution in [1.29, 1.82) is 5.26 Å². The Morgan fingerprint density at radius 2 is 2.06 bits per heavy atom. The summed E-state index contributed by atoms with van der Waals surface area (Å²) in [5, 5.41) is 8.38. The highest BCUT2D eigenvalue weighted by molar-refractivity contribution is 5.32. The number of nitrogens with zero attached hydrogens (tertiary/aromatic N) is 1. The van der Waals surface area contributed by atoms with Gasteiger partial charge in [-0.25, -0.2) is 4.39 Å². The van der Waals surface area contributed by atoms with Crippen LogP contribution in [0.4, 0.5) is 17.6 Å². The molecular formula is C10H8F4N2O. The van der Waals surface area contributed by atoms with E-state index in [9.17, 15) is 17.6 Å². The van der Waals surface area contributed by atoms with E-state index in [4.69, 9.17) is 11.0 Å². The third kappa shape index (κ3) is 3.92. The fourth-order valence-corrected chi connectivity index (χ4v) is 1.21. The lowest BCUT2D eigenvalue weighted by atomic mass is 10.0. The molecule has 0 radical (unpaired) electrons. The van der Waals surface area contributed by atoms with Crippen LogP contribution in [0.15, 0.2) is 18.2 Å². The molecule has 0 spiro atoms. The minimum atomic E-state index is -4.85. The first-order valence-electron chi connectivity index (χ1n) is 4.51. The van der Waals surface area contributed by atoms with Gasteiger partial charge < -0.3 is 10.5 Å². The molecule has 0 aliphatic rings. The molecule has 17 heavy (non-hydrogen) atoms. The fourth-order valence-electron chi connectivity index (χ4n) is 1.21. The van der Waals surface area contributed by atoms with Gasteiger partial charge in [0.25, 0.3) is 0 Å². The van der Waals surface area contributed by atoms with Gasteiger partial charge in [0.2, 0.25) is 0 Å². The molecule has 0 unspecified atom stereocenters. The van der Waals surface area contributed by atoms with E-state index >= 15 is 0 Å². The lowest BCUT2D eigenvalue weighted by molar-refractivity contribution is -0.274. The molecule has 1 atom stereocenters. The zero-order chi connectivity index (χ0) is 13.1. The SMILES string of the molecule is N#CC[C@@H](N)c1cc(OC(F)(F)F)ccc1F. The third-order valence-corrected chi connectivity index (χ3v) is 1.91. The number of nitriles is 1. The van der Waals surface area contributed by atoms with Crippen molar-refractivity contribution in [3.8, 4) is 11.8 Å². The molecule has 0 aromatic heterocycles. The minimum absolute atomic E-state index is 0.187. The van der Waals surface area contributed by atoms with Gasteiger partial charge in [-0.15, -0.1) is 13.2 Å². The van der Waals surface area contributed by atoms with E-state index in [0.29, 0.717) is 0 Å². The van der Waals surface area contributed by atoms with E-state index in [0.717, 1.165) is 18.2 Å². The summed E-state index contributed by atoms with van der Waals surface area (Å²) >= 11 is 0. The Hall–Kier alpha value is -1.81. The Bertz CT molecular complexity index is 439. The molecule has 0 aliphatic carbocycles. The van der Waals surface area contributed by atoms with Gasteiger partial charge in [0.1, 0.15) is 11.6 Å². The molecule has 0 amide bonds. The van der Waals surface area contributed by atoms with Gasteiger partial charge in [-0.1, -0.05) is 0 Å².